The number of nitrogens with one attached hydrogen (secondary N) is 1. The molecule has 3 heterocycles. The Morgan fingerprint density at radius 2 is 1.71 bits per heavy atom. The van der Waals surface area contributed by atoms with Crippen molar-refractivity contribution < 1.29 is 9.59 Å². The molecular formula is C27H24ClN5O2. The summed E-state index contributed by atoms with van der Waals surface area (Å²) < 4.78 is 0. The summed E-state index contributed by atoms with van der Waals surface area (Å²) in [7, 11) is 0. The Morgan fingerprint density at radius 1 is 0.943 bits per heavy atom. The highest BCUT2D eigenvalue weighted by Gasteiger charge is 2.25. The van der Waals surface area contributed by atoms with Crippen molar-refractivity contribution >= 4 is 40.0 Å². The number of hydrogen-bond donors (Lipinski definition) is 1. The van der Waals surface area contributed by atoms with Gasteiger partial charge in [0, 0.05) is 49.5 Å². The Labute approximate surface area is 208 Å². The third kappa shape index (κ3) is 5.16. The van der Waals surface area contributed by atoms with E-state index in [1.54, 1.807) is 24.5 Å². The third-order valence-electron chi connectivity index (χ3n) is 6.08. The molecule has 8 heteroatoms. The van der Waals surface area contributed by atoms with Crippen LogP contribution in [0.3, 0.4) is 0 Å². The Kier molecular flexibility index (Phi) is 6.70. The van der Waals surface area contributed by atoms with Gasteiger partial charge < -0.3 is 10.2 Å². The average Bonchev–Trinajstić information content (AvgIpc) is 2.90. The van der Waals surface area contributed by atoms with Crippen molar-refractivity contribution in [3.05, 3.63) is 89.7 Å². The summed E-state index contributed by atoms with van der Waals surface area (Å²) in [6, 6.07) is 20.5. The van der Waals surface area contributed by atoms with Crippen LogP contribution in [0.2, 0.25) is 5.02 Å². The number of rotatable bonds is 5. The normalized spacial score (nSPS) is 14.1. The number of nitrogens with zero attached hydrogens (tertiary/aromatic N) is 4. The second-order valence-corrected chi connectivity index (χ2v) is 8.82. The van der Waals surface area contributed by atoms with Crippen molar-refractivity contribution in [3.63, 3.8) is 0 Å². The van der Waals surface area contributed by atoms with Crippen LogP contribution in [-0.2, 0) is 4.79 Å². The van der Waals surface area contributed by atoms with Crippen LogP contribution >= 0.6 is 11.6 Å². The lowest BCUT2D eigenvalue weighted by molar-refractivity contribution is -0.117. The predicted octanol–water partition coefficient (Wildman–Crippen LogP) is 4.35. The number of benzene rings is 2. The molecule has 5 rings (SSSR count). The van der Waals surface area contributed by atoms with Crippen LogP contribution in [0.25, 0.3) is 22.2 Å². The van der Waals surface area contributed by atoms with Gasteiger partial charge in [-0.1, -0.05) is 41.9 Å². The molecule has 2 amide bonds. The Morgan fingerprint density at radius 3 is 2.49 bits per heavy atom. The van der Waals surface area contributed by atoms with Gasteiger partial charge in [-0.2, -0.15) is 0 Å². The first-order valence-electron chi connectivity index (χ1n) is 11.4. The molecule has 0 unspecified atom stereocenters. The minimum atomic E-state index is -0.126. The van der Waals surface area contributed by atoms with Crippen molar-refractivity contribution in [1.82, 2.24) is 19.8 Å². The predicted molar refractivity (Wildman–Crippen MR) is 137 cm³/mol. The second-order valence-electron chi connectivity index (χ2n) is 8.41. The molecular weight excluding hydrogens is 462 g/mol. The summed E-state index contributed by atoms with van der Waals surface area (Å²) >= 11 is 6.13. The van der Waals surface area contributed by atoms with Crippen LogP contribution in [0, 0.1) is 0 Å². The lowest BCUT2D eigenvalue weighted by atomic mass is 10.0. The number of amides is 2. The lowest BCUT2D eigenvalue weighted by Gasteiger charge is -2.34. The number of carbonyl (C=O) groups excluding carboxylic acids is 2. The molecule has 1 aliphatic rings. The van der Waals surface area contributed by atoms with Gasteiger partial charge in [0.05, 0.1) is 34.0 Å². The second kappa shape index (κ2) is 10.2. The van der Waals surface area contributed by atoms with Gasteiger partial charge in [0.1, 0.15) is 0 Å². The first-order valence-corrected chi connectivity index (χ1v) is 11.8. The number of aromatic nitrogens is 2. The fraction of sp³-hybridized carbons (Fsp3) is 0.185. The summed E-state index contributed by atoms with van der Waals surface area (Å²) in [5.74, 6) is -0.159. The number of piperazine rings is 1. The smallest absolute Gasteiger partial charge is 0.254 e. The molecule has 4 aromatic rings. The van der Waals surface area contributed by atoms with E-state index in [0.717, 1.165) is 22.2 Å². The molecule has 0 spiro atoms. The molecule has 0 saturated carbocycles. The minimum absolute atomic E-state index is 0.0334. The zero-order chi connectivity index (χ0) is 24.2. The van der Waals surface area contributed by atoms with Crippen LogP contribution < -0.4 is 5.32 Å². The Balaban J connectivity index is 1.28. The number of carbonyl (C=O) groups is 2. The molecule has 0 aliphatic carbocycles. The fourth-order valence-corrected chi connectivity index (χ4v) is 4.43. The summed E-state index contributed by atoms with van der Waals surface area (Å²) in [5, 5.41) is 4.19. The molecule has 1 aliphatic heterocycles. The van der Waals surface area contributed by atoms with Gasteiger partial charge >= 0.3 is 0 Å². The summed E-state index contributed by atoms with van der Waals surface area (Å²) in [4.78, 5) is 38.9. The average molecular weight is 486 g/mol. The van der Waals surface area contributed by atoms with Gasteiger partial charge in [-0.05, 0) is 36.4 Å². The van der Waals surface area contributed by atoms with E-state index in [0.29, 0.717) is 42.5 Å². The maximum atomic E-state index is 13.6. The minimum Gasteiger partial charge on any atom is -0.336 e. The quantitative estimate of drug-likeness (QED) is 0.455. The van der Waals surface area contributed by atoms with E-state index in [-0.39, 0.29) is 18.4 Å². The maximum Gasteiger partial charge on any atom is 0.254 e. The Bertz CT molecular complexity index is 1370. The van der Waals surface area contributed by atoms with E-state index in [9.17, 15) is 9.59 Å². The SMILES string of the molecule is O=C(CN1CCN(C(=O)c2cc(-c3cccnc3)nc3ccccc23)CC1)Nc1ccccc1Cl. The first kappa shape index (κ1) is 23.0. The van der Waals surface area contributed by atoms with E-state index in [1.165, 1.54) is 0 Å². The van der Waals surface area contributed by atoms with Crippen molar-refractivity contribution in [2.75, 3.05) is 38.0 Å². The number of halogens is 1. The number of pyridine rings is 2. The molecule has 0 bridgehead atoms. The van der Waals surface area contributed by atoms with Crippen LogP contribution in [0.15, 0.2) is 79.1 Å². The molecule has 176 valence electrons. The summed E-state index contributed by atoms with van der Waals surface area (Å²) in [6.45, 7) is 2.55. The van der Waals surface area contributed by atoms with Crippen LogP contribution in [0.1, 0.15) is 10.4 Å². The molecule has 2 aromatic carbocycles. The molecule has 7 nitrogen and oxygen atoms in total. The van der Waals surface area contributed by atoms with E-state index >= 15 is 0 Å². The van der Waals surface area contributed by atoms with Gasteiger partial charge in [0.15, 0.2) is 0 Å². The molecule has 1 fully saturated rings. The van der Waals surface area contributed by atoms with Gasteiger partial charge in [-0.25, -0.2) is 4.98 Å². The van der Waals surface area contributed by atoms with E-state index < -0.39 is 0 Å². The van der Waals surface area contributed by atoms with Crippen molar-refractivity contribution in [3.8, 4) is 11.3 Å². The van der Waals surface area contributed by atoms with Gasteiger partial charge in [-0.3, -0.25) is 19.5 Å². The summed E-state index contributed by atoms with van der Waals surface area (Å²) in [6.07, 6.45) is 3.46. The monoisotopic (exact) mass is 485 g/mol. The molecule has 0 radical (unpaired) electrons. The molecule has 1 N–H and O–H groups in total. The van der Waals surface area contributed by atoms with E-state index in [4.69, 9.17) is 16.6 Å². The highest BCUT2D eigenvalue weighted by Crippen LogP contribution is 2.26. The molecule has 35 heavy (non-hydrogen) atoms. The number of fused-ring (bicyclic) bond motifs is 1. The van der Waals surface area contributed by atoms with Crippen LogP contribution in [0.4, 0.5) is 5.69 Å². The van der Waals surface area contributed by atoms with E-state index in [2.05, 4.69) is 10.3 Å². The zero-order valence-corrected chi connectivity index (χ0v) is 19.8. The third-order valence-corrected chi connectivity index (χ3v) is 6.41. The van der Waals surface area contributed by atoms with Crippen LogP contribution in [-0.4, -0.2) is 64.3 Å². The van der Waals surface area contributed by atoms with Crippen molar-refractivity contribution in [1.29, 1.82) is 0 Å². The van der Waals surface area contributed by atoms with Gasteiger partial charge in [-0.15, -0.1) is 0 Å². The number of para-hydroxylation sites is 2. The zero-order valence-electron chi connectivity index (χ0n) is 19.0. The standard InChI is InChI=1S/C27H24ClN5O2/c28-22-8-2-4-10-24(22)31-26(34)18-32-12-14-33(15-13-32)27(35)21-16-25(19-6-5-11-29-17-19)30-23-9-3-1-7-20(21)23/h1-11,16-17H,12-15,18H2,(H,31,34). The van der Waals surface area contributed by atoms with Gasteiger partial charge in [0.2, 0.25) is 5.91 Å². The fourth-order valence-electron chi connectivity index (χ4n) is 4.25. The number of hydrogen-bond acceptors (Lipinski definition) is 5. The van der Waals surface area contributed by atoms with Gasteiger partial charge in [0.25, 0.3) is 5.91 Å². The molecule has 2 aromatic heterocycles. The van der Waals surface area contributed by atoms with Crippen molar-refractivity contribution in [2.45, 2.75) is 0 Å². The topological polar surface area (TPSA) is 78.4 Å². The molecule has 1 saturated heterocycles. The maximum absolute atomic E-state index is 13.6. The van der Waals surface area contributed by atoms with Crippen LogP contribution in [0.5, 0.6) is 0 Å². The summed E-state index contributed by atoms with van der Waals surface area (Å²) in [5.41, 5.74) is 3.57. The lowest BCUT2D eigenvalue weighted by Crippen LogP contribution is -2.50. The first-order chi connectivity index (χ1) is 17.1. The highest BCUT2D eigenvalue weighted by molar-refractivity contribution is 6.33. The highest BCUT2D eigenvalue weighted by atomic mass is 35.5. The van der Waals surface area contributed by atoms with E-state index in [1.807, 2.05) is 64.4 Å². The Hall–Kier alpha value is -3.81. The van der Waals surface area contributed by atoms with Crippen molar-refractivity contribution in [2.24, 2.45) is 0 Å². The largest absolute Gasteiger partial charge is 0.336 e. The molecule has 0 atom stereocenters. The number of anilines is 1.